The van der Waals surface area contributed by atoms with E-state index in [0.29, 0.717) is 11.1 Å². The summed E-state index contributed by atoms with van der Waals surface area (Å²) in [6.07, 6.45) is 3.07. The van der Waals surface area contributed by atoms with E-state index in [9.17, 15) is 9.18 Å². The highest BCUT2D eigenvalue weighted by atomic mass is 127. The van der Waals surface area contributed by atoms with Crippen LogP contribution in [0.2, 0.25) is 0 Å². The van der Waals surface area contributed by atoms with Gasteiger partial charge in [-0.1, -0.05) is 30.3 Å². The first-order chi connectivity index (χ1) is 8.65. The van der Waals surface area contributed by atoms with E-state index in [1.165, 1.54) is 18.2 Å². The lowest BCUT2D eigenvalue weighted by Gasteiger charge is -1.96. The fourth-order valence-corrected chi connectivity index (χ4v) is 1.85. The SMILES string of the molecule is O=C(C=Cc1cccc(F)c1)c1ccc(I)cc1. The van der Waals surface area contributed by atoms with E-state index in [1.54, 1.807) is 30.3 Å². The highest BCUT2D eigenvalue weighted by Gasteiger charge is 2.00. The Morgan fingerprint density at radius 1 is 1.11 bits per heavy atom. The molecule has 0 fully saturated rings. The van der Waals surface area contributed by atoms with Crippen LogP contribution >= 0.6 is 22.6 Å². The maximum atomic E-state index is 12.9. The van der Waals surface area contributed by atoms with Crippen molar-refractivity contribution in [1.82, 2.24) is 0 Å². The molecular weight excluding hydrogens is 342 g/mol. The van der Waals surface area contributed by atoms with Gasteiger partial charge in [0.15, 0.2) is 5.78 Å². The van der Waals surface area contributed by atoms with Crippen LogP contribution in [0, 0.1) is 9.39 Å². The summed E-state index contributed by atoms with van der Waals surface area (Å²) in [5.41, 5.74) is 1.30. The Balaban J connectivity index is 2.14. The molecular formula is C15H10FIO. The van der Waals surface area contributed by atoms with Gasteiger partial charge in [0.1, 0.15) is 5.82 Å². The quantitative estimate of drug-likeness (QED) is 0.457. The molecule has 0 amide bonds. The molecule has 90 valence electrons. The Morgan fingerprint density at radius 2 is 1.83 bits per heavy atom. The fraction of sp³-hybridized carbons (Fsp3) is 0. The molecule has 0 aliphatic heterocycles. The molecule has 0 aliphatic rings. The number of benzene rings is 2. The summed E-state index contributed by atoms with van der Waals surface area (Å²) < 4.78 is 14.0. The number of allylic oxidation sites excluding steroid dienone is 1. The third-order valence-corrected chi connectivity index (χ3v) is 3.12. The van der Waals surface area contributed by atoms with Gasteiger partial charge in [0, 0.05) is 9.13 Å². The second-order valence-electron chi connectivity index (χ2n) is 3.76. The van der Waals surface area contributed by atoms with E-state index >= 15 is 0 Å². The van der Waals surface area contributed by atoms with Crippen LogP contribution in [0.4, 0.5) is 4.39 Å². The number of hydrogen-bond acceptors (Lipinski definition) is 1. The Labute approximate surface area is 118 Å². The third-order valence-electron chi connectivity index (χ3n) is 2.40. The molecule has 2 aromatic carbocycles. The maximum absolute atomic E-state index is 12.9. The summed E-state index contributed by atoms with van der Waals surface area (Å²) in [7, 11) is 0. The normalized spacial score (nSPS) is 10.8. The lowest BCUT2D eigenvalue weighted by atomic mass is 10.1. The van der Waals surface area contributed by atoms with E-state index in [4.69, 9.17) is 0 Å². The zero-order valence-corrected chi connectivity index (χ0v) is 11.6. The number of carbonyl (C=O) groups excluding carboxylic acids is 1. The average molecular weight is 352 g/mol. The molecule has 0 N–H and O–H groups in total. The number of ketones is 1. The molecule has 0 aromatic heterocycles. The largest absolute Gasteiger partial charge is 0.289 e. The van der Waals surface area contributed by atoms with Crippen LogP contribution in [0.15, 0.2) is 54.6 Å². The van der Waals surface area contributed by atoms with Gasteiger partial charge in [0.25, 0.3) is 0 Å². The molecule has 0 radical (unpaired) electrons. The average Bonchev–Trinajstić information content (AvgIpc) is 2.37. The summed E-state index contributed by atoms with van der Waals surface area (Å²) >= 11 is 2.18. The Morgan fingerprint density at radius 3 is 2.50 bits per heavy atom. The molecule has 0 atom stereocenters. The van der Waals surface area contributed by atoms with Crippen LogP contribution < -0.4 is 0 Å². The van der Waals surface area contributed by atoms with Crippen LogP contribution in [0.3, 0.4) is 0 Å². The molecule has 0 unspecified atom stereocenters. The molecule has 0 spiro atoms. The summed E-state index contributed by atoms with van der Waals surface area (Å²) in [5, 5.41) is 0. The summed E-state index contributed by atoms with van der Waals surface area (Å²) in [5.74, 6) is -0.394. The smallest absolute Gasteiger partial charge is 0.185 e. The van der Waals surface area contributed by atoms with Crippen molar-refractivity contribution >= 4 is 34.5 Å². The first-order valence-corrected chi connectivity index (χ1v) is 6.46. The Kier molecular flexibility index (Phi) is 4.25. The monoisotopic (exact) mass is 352 g/mol. The predicted octanol–water partition coefficient (Wildman–Crippen LogP) is 4.33. The van der Waals surface area contributed by atoms with Gasteiger partial charge in [-0.2, -0.15) is 0 Å². The van der Waals surface area contributed by atoms with E-state index in [-0.39, 0.29) is 11.6 Å². The van der Waals surface area contributed by atoms with Gasteiger partial charge in [-0.15, -0.1) is 0 Å². The van der Waals surface area contributed by atoms with Gasteiger partial charge in [-0.25, -0.2) is 4.39 Å². The van der Waals surface area contributed by atoms with Gasteiger partial charge in [0.05, 0.1) is 0 Å². The number of rotatable bonds is 3. The van der Waals surface area contributed by atoms with Gasteiger partial charge >= 0.3 is 0 Å². The standard InChI is InChI=1S/C15H10FIO/c16-13-3-1-2-11(10-13)4-9-15(18)12-5-7-14(17)8-6-12/h1-10H. The topological polar surface area (TPSA) is 17.1 Å². The van der Waals surface area contributed by atoms with E-state index in [0.717, 1.165) is 3.57 Å². The molecule has 0 aliphatic carbocycles. The fourth-order valence-electron chi connectivity index (χ4n) is 1.49. The molecule has 1 nitrogen and oxygen atoms in total. The van der Waals surface area contributed by atoms with Gasteiger partial charge < -0.3 is 0 Å². The van der Waals surface area contributed by atoms with Crippen molar-refractivity contribution in [1.29, 1.82) is 0 Å². The van der Waals surface area contributed by atoms with Crippen molar-refractivity contribution in [2.24, 2.45) is 0 Å². The Hall–Kier alpha value is -1.49. The molecule has 0 bridgehead atoms. The zero-order valence-electron chi connectivity index (χ0n) is 9.44. The zero-order chi connectivity index (χ0) is 13.0. The van der Waals surface area contributed by atoms with Crippen LogP contribution in [0.1, 0.15) is 15.9 Å². The number of carbonyl (C=O) groups is 1. The van der Waals surface area contributed by atoms with Crippen LogP contribution in [-0.4, -0.2) is 5.78 Å². The second kappa shape index (κ2) is 5.91. The first kappa shape index (κ1) is 13.0. The summed E-state index contributed by atoms with van der Waals surface area (Å²) in [6, 6.07) is 13.4. The highest BCUT2D eigenvalue weighted by molar-refractivity contribution is 14.1. The highest BCUT2D eigenvalue weighted by Crippen LogP contribution is 2.10. The first-order valence-electron chi connectivity index (χ1n) is 5.39. The van der Waals surface area contributed by atoms with E-state index < -0.39 is 0 Å². The van der Waals surface area contributed by atoms with Crippen LogP contribution in [0.25, 0.3) is 6.08 Å². The molecule has 0 saturated carbocycles. The van der Waals surface area contributed by atoms with Gasteiger partial charge in [-0.05, 0) is 58.5 Å². The van der Waals surface area contributed by atoms with Crippen molar-refractivity contribution in [2.45, 2.75) is 0 Å². The summed E-state index contributed by atoms with van der Waals surface area (Å²) in [6.45, 7) is 0. The van der Waals surface area contributed by atoms with Crippen LogP contribution in [-0.2, 0) is 0 Å². The van der Waals surface area contributed by atoms with Crippen LogP contribution in [0.5, 0.6) is 0 Å². The van der Waals surface area contributed by atoms with E-state index in [1.807, 2.05) is 12.1 Å². The molecule has 0 heterocycles. The number of hydrogen-bond donors (Lipinski definition) is 0. The molecule has 2 aromatic rings. The maximum Gasteiger partial charge on any atom is 0.185 e. The lowest BCUT2D eigenvalue weighted by Crippen LogP contribution is -1.93. The molecule has 2 rings (SSSR count). The molecule has 3 heteroatoms. The molecule has 18 heavy (non-hydrogen) atoms. The van der Waals surface area contributed by atoms with Gasteiger partial charge in [0.2, 0.25) is 0 Å². The van der Waals surface area contributed by atoms with E-state index in [2.05, 4.69) is 22.6 Å². The molecule has 0 saturated heterocycles. The van der Waals surface area contributed by atoms with Crippen molar-refractivity contribution in [3.63, 3.8) is 0 Å². The minimum absolute atomic E-state index is 0.0874. The summed E-state index contributed by atoms with van der Waals surface area (Å²) in [4.78, 5) is 11.8. The van der Waals surface area contributed by atoms with Crippen molar-refractivity contribution in [3.8, 4) is 0 Å². The van der Waals surface area contributed by atoms with Crippen molar-refractivity contribution in [2.75, 3.05) is 0 Å². The minimum atomic E-state index is -0.307. The van der Waals surface area contributed by atoms with Gasteiger partial charge in [-0.3, -0.25) is 4.79 Å². The van der Waals surface area contributed by atoms with Crippen molar-refractivity contribution < 1.29 is 9.18 Å². The lowest BCUT2D eigenvalue weighted by molar-refractivity contribution is 0.104. The third kappa shape index (κ3) is 3.50. The predicted molar refractivity (Wildman–Crippen MR) is 78.9 cm³/mol. The Bertz CT molecular complexity index is 588. The minimum Gasteiger partial charge on any atom is -0.289 e. The van der Waals surface area contributed by atoms with Crippen molar-refractivity contribution in [3.05, 3.63) is 75.1 Å². The second-order valence-corrected chi connectivity index (χ2v) is 5.01. The number of halogens is 2.